The lowest BCUT2D eigenvalue weighted by Gasteiger charge is -1.98. The summed E-state index contributed by atoms with van der Waals surface area (Å²) in [6, 6.07) is 9.73. The van der Waals surface area contributed by atoms with Crippen molar-refractivity contribution in [1.82, 2.24) is 10.2 Å². The number of hydrogen-bond donors (Lipinski definition) is 1. The number of aromatic amines is 1. The maximum absolute atomic E-state index is 8.72. The van der Waals surface area contributed by atoms with Gasteiger partial charge in [-0.1, -0.05) is 12.1 Å². The van der Waals surface area contributed by atoms with E-state index in [2.05, 4.69) is 16.3 Å². The number of hydrogen-bond acceptors (Lipinski definition) is 2. The maximum atomic E-state index is 8.72. The first-order chi connectivity index (χ1) is 6.88. The third kappa shape index (κ3) is 1.80. The molecule has 68 valence electrons. The topological polar surface area (TPSA) is 52.5 Å². The van der Waals surface area contributed by atoms with E-state index in [4.69, 9.17) is 5.26 Å². The number of nitriles is 1. The van der Waals surface area contributed by atoms with E-state index in [9.17, 15) is 0 Å². The highest BCUT2D eigenvalue weighted by molar-refractivity contribution is 5.34. The Morgan fingerprint density at radius 3 is 3.00 bits per heavy atom. The Balaban J connectivity index is 2.22. The number of H-pyrrole nitrogens is 1. The molecule has 2 aromatic rings. The average molecular weight is 183 g/mol. The summed E-state index contributed by atoms with van der Waals surface area (Å²) in [7, 11) is 0. The zero-order valence-electron chi connectivity index (χ0n) is 7.57. The second-order valence-corrected chi connectivity index (χ2v) is 3.10. The van der Waals surface area contributed by atoms with Crippen LogP contribution in [0.15, 0.2) is 36.7 Å². The van der Waals surface area contributed by atoms with Crippen molar-refractivity contribution in [3.8, 4) is 6.07 Å². The Bertz CT molecular complexity index is 452. The summed E-state index contributed by atoms with van der Waals surface area (Å²) in [5, 5.41) is 15.4. The van der Waals surface area contributed by atoms with Crippen LogP contribution in [0.1, 0.15) is 16.7 Å². The van der Waals surface area contributed by atoms with Crippen molar-refractivity contribution >= 4 is 0 Å². The molecule has 3 nitrogen and oxygen atoms in total. The summed E-state index contributed by atoms with van der Waals surface area (Å²) in [5.41, 5.74) is 2.96. The van der Waals surface area contributed by atoms with Crippen LogP contribution < -0.4 is 0 Å². The van der Waals surface area contributed by atoms with E-state index in [1.807, 2.05) is 24.4 Å². The lowest BCUT2D eigenvalue weighted by molar-refractivity contribution is 1.09. The van der Waals surface area contributed by atoms with E-state index < -0.39 is 0 Å². The summed E-state index contributed by atoms with van der Waals surface area (Å²) in [6.45, 7) is 0. The van der Waals surface area contributed by atoms with Crippen molar-refractivity contribution in [2.45, 2.75) is 6.42 Å². The zero-order valence-corrected chi connectivity index (χ0v) is 7.57. The highest BCUT2D eigenvalue weighted by Gasteiger charge is 1.98. The Hall–Kier alpha value is -2.08. The van der Waals surface area contributed by atoms with Gasteiger partial charge in [-0.15, -0.1) is 0 Å². The monoisotopic (exact) mass is 183 g/mol. The van der Waals surface area contributed by atoms with Crippen LogP contribution in [0.3, 0.4) is 0 Å². The number of rotatable bonds is 2. The molecule has 0 unspecified atom stereocenters. The molecule has 2 rings (SSSR count). The first kappa shape index (κ1) is 8.52. The van der Waals surface area contributed by atoms with Crippen molar-refractivity contribution in [2.24, 2.45) is 0 Å². The van der Waals surface area contributed by atoms with Crippen LogP contribution in [-0.2, 0) is 6.42 Å². The lowest BCUT2D eigenvalue weighted by Crippen LogP contribution is -1.86. The second-order valence-electron chi connectivity index (χ2n) is 3.10. The van der Waals surface area contributed by atoms with E-state index in [-0.39, 0.29) is 0 Å². The van der Waals surface area contributed by atoms with Crippen LogP contribution >= 0.6 is 0 Å². The molecule has 1 N–H and O–H groups in total. The number of aromatic nitrogens is 2. The van der Waals surface area contributed by atoms with Gasteiger partial charge in [0.05, 0.1) is 17.8 Å². The van der Waals surface area contributed by atoms with Gasteiger partial charge in [0, 0.05) is 12.6 Å². The van der Waals surface area contributed by atoms with E-state index in [0.717, 1.165) is 17.5 Å². The smallest absolute Gasteiger partial charge is 0.0991 e. The molecule has 0 fully saturated rings. The largest absolute Gasteiger partial charge is 0.285 e. The zero-order chi connectivity index (χ0) is 9.80. The molecule has 3 heteroatoms. The SMILES string of the molecule is N#Cc1cccc(Cc2cn[nH]c2)c1. The van der Waals surface area contributed by atoms with Crippen molar-refractivity contribution < 1.29 is 0 Å². The summed E-state index contributed by atoms with van der Waals surface area (Å²) in [6.07, 6.45) is 4.46. The van der Waals surface area contributed by atoms with Gasteiger partial charge in [0.2, 0.25) is 0 Å². The maximum Gasteiger partial charge on any atom is 0.0991 e. The predicted molar refractivity (Wildman–Crippen MR) is 52.6 cm³/mol. The number of nitrogens with one attached hydrogen (secondary N) is 1. The molecule has 0 aliphatic heterocycles. The molecule has 0 bridgehead atoms. The molecule has 14 heavy (non-hydrogen) atoms. The van der Waals surface area contributed by atoms with Gasteiger partial charge in [-0.2, -0.15) is 10.4 Å². The molecule has 0 amide bonds. The fourth-order valence-corrected chi connectivity index (χ4v) is 1.36. The second kappa shape index (κ2) is 3.75. The Morgan fingerprint density at radius 1 is 1.36 bits per heavy atom. The number of benzene rings is 1. The average Bonchev–Trinajstić information content (AvgIpc) is 2.71. The first-order valence-corrected chi connectivity index (χ1v) is 4.35. The van der Waals surface area contributed by atoms with Gasteiger partial charge in [-0.05, 0) is 23.3 Å². The molecule has 1 aromatic carbocycles. The van der Waals surface area contributed by atoms with Gasteiger partial charge < -0.3 is 0 Å². The molecule has 0 saturated heterocycles. The van der Waals surface area contributed by atoms with Crippen LogP contribution in [0.25, 0.3) is 0 Å². The van der Waals surface area contributed by atoms with Gasteiger partial charge in [-0.25, -0.2) is 0 Å². The molecular weight excluding hydrogens is 174 g/mol. The van der Waals surface area contributed by atoms with Crippen LogP contribution in [0.4, 0.5) is 0 Å². The molecule has 0 atom stereocenters. The highest BCUT2D eigenvalue weighted by atomic mass is 15.1. The van der Waals surface area contributed by atoms with E-state index in [0.29, 0.717) is 5.56 Å². The minimum atomic E-state index is 0.700. The van der Waals surface area contributed by atoms with Crippen LogP contribution in [0.5, 0.6) is 0 Å². The highest BCUT2D eigenvalue weighted by Crippen LogP contribution is 2.09. The van der Waals surface area contributed by atoms with Gasteiger partial charge in [0.25, 0.3) is 0 Å². The van der Waals surface area contributed by atoms with E-state index >= 15 is 0 Å². The van der Waals surface area contributed by atoms with Gasteiger partial charge in [0.1, 0.15) is 0 Å². The molecule has 0 saturated carbocycles. The van der Waals surface area contributed by atoms with E-state index in [1.54, 1.807) is 12.3 Å². The van der Waals surface area contributed by atoms with Crippen molar-refractivity contribution in [1.29, 1.82) is 5.26 Å². The van der Waals surface area contributed by atoms with Gasteiger partial charge >= 0.3 is 0 Å². The van der Waals surface area contributed by atoms with Gasteiger partial charge in [-0.3, -0.25) is 5.10 Å². The molecule has 0 aliphatic carbocycles. The summed E-state index contributed by atoms with van der Waals surface area (Å²) < 4.78 is 0. The summed E-state index contributed by atoms with van der Waals surface area (Å²) in [5.74, 6) is 0. The van der Waals surface area contributed by atoms with E-state index in [1.165, 1.54) is 0 Å². The van der Waals surface area contributed by atoms with Crippen LogP contribution in [0.2, 0.25) is 0 Å². The Kier molecular flexibility index (Phi) is 2.28. The van der Waals surface area contributed by atoms with Crippen molar-refractivity contribution in [2.75, 3.05) is 0 Å². The third-order valence-corrected chi connectivity index (χ3v) is 2.02. The third-order valence-electron chi connectivity index (χ3n) is 2.02. The molecule has 1 aromatic heterocycles. The fourth-order valence-electron chi connectivity index (χ4n) is 1.36. The molecule has 0 aliphatic rings. The summed E-state index contributed by atoms with van der Waals surface area (Å²) >= 11 is 0. The quantitative estimate of drug-likeness (QED) is 0.772. The van der Waals surface area contributed by atoms with Crippen LogP contribution in [-0.4, -0.2) is 10.2 Å². The van der Waals surface area contributed by atoms with Gasteiger partial charge in [0.15, 0.2) is 0 Å². The van der Waals surface area contributed by atoms with Crippen molar-refractivity contribution in [3.63, 3.8) is 0 Å². The molecular formula is C11H9N3. The van der Waals surface area contributed by atoms with Crippen molar-refractivity contribution in [3.05, 3.63) is 53.3 Å². The lowest BCUT2D eigenvalue weighted by atomic mass is 10.1. The molecule has 0 spiro atoms. The first-order valence-electron chi connectivity index (χ1n) is 4.35. The molecule has 1 heterocycles. The predicted octanol–water partition coefficient (Wildman–Crippen LogP) is 1.87. The molecule has 0 radical (unpaired) electrons. The summed E-state index contributed by atoms with van der Waals surface area (Å²) in [4.78, 5) is 0. The number of nitrogens with zero attached hydrogens (tertiary/aromatic N) is 2. The normalized spacial score (nSPS) is 9.64. The Morgan fingerprint density at radius 2 is 2.29 bits per heavy atom. The minimum Gasteiger partial charge on any atom is -0.285 e. The van der Waals surface area contributed by atoms with Crippen LogP contribution in [0, 0.1) is 11.3 Å². The minimum absolute atomic E-state index is 0.700. The standard InChI is InChI=1S/C11H9N3/c12-6-10-3-1-2-9(4-10)5-11-7-13-14-8-11/h1-4,7-8H,5H2,(H,13,14). The Labute approximate surface area is 82.0 Å². The fraction of sp³-hybridized carbons (Fsp3) is 0.0909.